The van der Waals surface area contributed by atoms with E-state index in [-0.39, 0.29) is 22.4 Å². The summed E-state index contributed by atoms with van der Waals surface area (Å²) in [6, 6.07) is 2.84. The van der Waals surface area contributed by atoms with Gasteiger partial charge in [0.15, 0.2) is 0 Å². The normalized spacial score (nSPS) is 16.7. The molecule has 1 saturated carbocycles. The van der Waals surface area contributed by atoms with E-state index in [0.717, 1.165) is 25.7 Å². The van der Waals surface area contributed by atoms with Crippen LogP contribution in [-0.4, -0.2) is 22.9 Å². The summed E-state index contributed by atoms with van der Waals surface area (Å²) in [5.41, 5.74) is -4.47. The van der Waals surface area contributed by atoms with Crippen LogP contribution < -0.4 is 5.32 Å². The van der Waals surface area contributed by atoms with Crippen LogP contribution in [0.25, 0.3) is 0 Å². The van der Waals surface area contributed by atoms with Gasteiger partial charge in [-0.3, -0.25) is 4.79 Å². The zero-order valence-corrected chi connectivity index (χ0v) is 12.3. The molecule has 0 aliphatic heterocycles. The van der Waals surface area contributed by atoms with Crippen molar-refractivity contribution in [1.29, 1.82) is 0 Å². The quantitative estimate of drug-likeness (QED) is 0.853. The molecule has 1 fully saturated rings. The smallest absolute Gasteiger partial charge is 0.352 e. The zero-order chi connectivity index (χ0) is 15.3. The van der Waals surface area contributed by atoms with Crippen LogP contribution in [0.5, 0.6) is 0 Å². The number of carbonyl (C=O) groups is 1. The third-order valence-corrected chi connectivity index (χ3v) is 4.25. The molecule has 0 bridgehead atoms. The Kier molecular flexibility index (Phi) is 5.50. The van der Waals surface area contributed by atoms with Gasteiger partial charge in [0.1, 0.15) is 5.03 Å². The summed E-state index contributed by atoms with van der Waals surface area (Å²) in [6.45, 7) is 0.518. The predicted octanol–water partition coefficient (Wildman–Crippen LogP) is 4.00. The summed E-state index contributed by atoms with van der Waals surface area (Å²) in [5, 5.41) is 2.44. The molecule has 0 radical (unpaired) electrons. The van der Waals surface area contributed by atoms with Crippen molar-refractivity contribution in [2.45, 2.75) is 42.6 Å². The van der Waals surface area contributed by atoms with Gasteiger partial charge in [0.2, 0.25) is 0 Å². The maximum atomic E-state index is 12.5. The molecule has 1 amide bonds. The number of hydrogen-bond acceptors (Lipinski definition) is 3. The van der Waals surface area contributed by atoms with Crippen LogP contribution in [0.4, 0.5) is 13.2 Å². The molecule has 2 rings (SSSR count). The van der Waals surface area contributed by atoms with Gasteiger partial charge in [-0.15, -0.1) is 0 Å². The van der Waals surface area contributed by atoms with Crippen LogP contribution in [0.3, 0.4) is 0 Å². The minimum Gasteiger partial charge on any atom is -0.352 e. The van der Waals surface area contributed by atoms with Gasteiger partial charge < -0.3 is 5.32 Å². The van der Waals surface area contributed by atoms with Crippen LogP contribution in [-0.2, 0) is 0 Å². The van der Waals surface area contributed by atoms with Gasteiger partial charge in [-0.1, -0.05) is 19.3 Å². The topological polar surface area (TPSA) is 42.0 Å². The minimum atomic E-state index is -4.45. The summed E-state index contributed by atoms with van der Waals surface area (Å²) < 4.78 is 37.4. The van der Waals surface area contributed by atoms with Gasteiger partial charge in [0.05, 0.1) is 5.56 Å². The molecule has 1 N–H and O–H groups in total. The summed E-state index contributed by atoms with van der Waals surface area (Å²) in [7, 11) is 0. The fraction of sp³-hybridized carbons (Fsp3) is 0.571. The van der Waals surface area contributed by atoms with E-state index < -0.39 is 11.4 Å². The van der Waals surface area contributed by atoms with Crippen molar-refractivity contribution in [1.82, 2.24) is 10.3 Å². The Morgan fingerprint density at radius 2 is 2.05 bits per heavy atom. The molecule has 1 heterocycles. The Morgan fingerprint density at radius 1 is 1.33 bits per heavy atom. The molecule has 21 heavy (non-hydrogen) atoms. The lowest BCUT2D eigenvalue weighted by molar-refractivity contribution is -0.0329. The SMILES string of the molecule is O=C(NCC1CCCCC1)c1cccnc1SC(F)(F)F. The maximum absolute atomic E-state index is 12.5. The number of aromatic nitrogens is 1. The zero-order valence-electron chi connectivity index (χ0n) is 11.4. The van der Waals surface area contributed by atoms with E-state index in [1.165, 1.54) is 24.8 Å². The minimum absolute atomic E-state index is 0.0179. The number of thioether (sulfide) groups is 1. The molecule has 0 saturated heterocycles. The van der Waals surface area contributed by atoms with E-state index in [9.17, 15) is 18.0 Å². The third kappa shape index (κ3) is 5.22. The first-order chi connectivity index (χ1) is 9.96. The lowest BCUT2D eigenvalue weighted by Crippen LogP contribution is -2.30. The number of amides is 1. The molecular formula is C14H17F3N2OS. The predicted molar refractivity (Wildman–Crippen MR) is 75.1 cm³/mol. The van der Waals surface area contributed by atoms with Gasteiger partial charge in [-0.2, -0.15) is 13.2 Å². The second-order valence-electron chi connectivity index (χ2n) is 5.12. The standard InChI is InChI=1S/C14H17F3N2OS/c15-14(16,17)21-13-11(7-4-8-18-13)12(20)19-9-10-5-2-1-3-6-10/h4,7-8,10H,1-3,5-6,9H2,(H,19,20). The number of carbonyl (C=O) groups excluding carboxylic acids is 1. The fourth-order valence-electron chi connectivity index (χ4n) is 2.48. The summed E-state index contributed by atoms with van der Waals surface area (Å²) in [6.07, 6.45) is 6.92. The van der Waals surface area contributed by atoms with E-state index in [4.69, 9.17) is 0 Å². The first kappa shape index (κ1) is 16.1. The average Bonchev–Trinajstić information content (AvgIpc) is 2.45. The van der Waals surface area contributed by atoms with E-state index in [1.54, 1.807) is 0 Å². The van der Waals surface area contributed by atoms with Gasteiger partial charge in [0.25, 0.3) is 5.91 Å². The average molecular weight is 318 g/mol. The van der Waals surface area contributed by atoms with E-state index in [0.29, 0.717) is 12.5 Å². The van der Waals surface area contributed by atoms with Gasteiger partial charge in [-0.25, -0.2) is 4.98 Å². The molecule has 0 atom stereocenters. The lowest BCUT2D eigenvalue weighted by Gasteiger charge is -2.21. The highest BCUT2D eigenvalue weighted by atomic mass is 32.2. The van der Waals surface area contributed by atoms with Gasteiger partial charge >= 0.3 is 5.51 Å². The molecule has 1 aromatic heterocycles. The van der Waals surface area contributed by atoms with E-state index in [2.05, 4.69) is 10.3 Å². The van der Waals surface area contributed by atoms with E-state index in [1.807, 2.05) is 0 Å². The number of nitrogens with zero attached hydrogens (tertiary/aromatic N) is 1. The van der Waals surface area contributed by atoms with Crippen LogP contribution in [0.1, 0.15) is 42.5 Å². The number of rotatable bonds is 4. The number of nitrogens with one attached hydrogen (secondary N) is 1. The maximum Gasteiger partial charge on any atom is 0.447 e. The second kappa shape index (κ2) is 7.15. The summed E-state index contributed by atoms with van der Waals surface area (Å²) in [4.78, 5) is 15.7. The molecular weight excluding hydrogens is 301 g/mol. The molecule has 116 valence electrons. The van der Waals surface area contributed by atoms with Gasteiger partial charge in [-0.05, 0) is 30.9 Å². The highest BCUT2D eigenvalue weighted by Gasteiger charge is 2.32. The monoisotopic (exact) mass is 318 g/mol. The highest BCUT2D eigenvalue weighted by molar-refractivity contribution is 8.00. The van der Waals surface area contributed by atoms with Gasteiger partial charge in [0, 0.05) is 24.5 Å². The molecule has 1 aliphatic carbocycles. The van der Waals surface area contributed by atoms with Crippen LogP contribution >= 0.6 is 11.8 Å². The molecule has 3 nitrogen and oxygen atoms in total. The number of hydrogen-bond donors (Lipinski definition) is 1. The third-order valence-electron chi connectivity index (χ3n) is 3.50. The van der Waals surface area contributed by atoms with Crippen LogP contribution in [0.2, 0.25) is 0 Å². The molecule has 7 heteroatoms. The van der Waals surface area contributed by atoms with Crippen molar-refractivity contribution in [3.63, 3.8) is 0 Å². The number of halogens is 3. The van der Waals surface area contributed by atoms with Crippen molar-refractivity contribution in [2.24, 2.45) is 5.92 Å². The molecule has 1 aromatic rings. The van der Waals surface area contributed by atoms with Crippen molar-refractivity contribution >= 4 is 17.7 Å². The Hall–Kier alpha value is -1.24. The largest absolute Gasteiger partial charge is 0.447 e. The number of alkyl halides is 3. The first-order valence-electron chi connectivity index (χ1n) is 6.94. The Labute approximate surface area is 125 Å². The van der Waals surface area contributed by atoms with Crippen LogP contribution in [0, 0.1) is 5.92 Å². The van der Waals surface area contributed by atoms with Crippen molar-refractivity contribution < 1.29 is 18.0 Å². The molecule has 0 spiro atoms. The Bertz CT molecular complexity index is 487. The Balaban J connectivity index is 1.98. The molecule has 1 aliphatic rings. The van der Waals surface area contributed by atoms with Crippen molar-refractivity contribution in [2.75, 3.05) is 6.54 Å². The Morgan fingerprint density at radius 3 is 2.71 bits per heavy atom. The molecule has 0 aromatic carbocycles. The lowest BCUT2D eigenvalue weighted by atomic mass is 9.89. The first-order valence-corrected chi connectivity index (χ1v) is 7.76. The highest BCUT2D eigenvalue weighted by Crippen LogP contribution is 2.37. The number of pyridine rings is 1. The van der Waals surface area contributed by atoms with Crippen molar-refractivity contribution in [3.8, 4) is 0 Å². The molecule has 0 unspecified atom stereocenters. The second-order valence-corrected chi connectivity index (χ2v) is 6.17. The summed E-state index contributed by atoms with van der Waals surface area (Å²) in [5.74, 6) is -0.0569. The summed E-state index contributed by atoms with van der Waals surface area (Å²) >= 11 is -0.355. The van der Waals surface area contributed by atoms with E-state index >= 15 is 0 Å². The van der Waals surface area contributed by atoms with Crippen LogP contribution in [0.15, 0.2) is 23.4 Å². The van der Waals surface area contributed by atoms with Crippen molar-refractivity contribution in [3.05, 3.63) is 23.9 Å². The fourth-order valence-corrected chi connectivity index (χ4v) is 3.08.